The summed E-state index contributed by atoms with van der Waals surface area (Å²) < 4.78 is 5.57. The smallest absolute Gasteiger partial charge is 0.339 e. The number of carboxylic acids is 1. The second kappa shape index (κ2) is 5.37. The lowest BCUT2D eigenvalue weighted by molar-refractivity contribution is 0.0692. The average Bonchev–Trinajstić information content (AvgIpc) is 2.77. The maximum absolute atomic E-state index is 11.3. The fourth-order valence-electron chi connectivity index (χ4n) is 2.41. The van der Waals surface area contributed by atoms with Crippen LogP contribution >= 0.6 is 11.3 Å². The summed E-state index contributed by atoms with van der Waals surface area (Å²) in [5.74, 6) is -0.504. The zero-order valence-electron chi connectivity index (χ0n) is 11.9. The Morgan fingerprint density at radius 3 is 2.95 bits per heavy atom. The Morgan fingerprint density at radius 1 is 1.48 bits per heavy atom. The Hall–Kier alpha value is -2.08. The van der Waals surface area contributed by atoms with Crippen molar-refractivity contribution in [3.05, 3.63) is 39.3 Å². The fraction of sp³-hybridized carbons (Fsp3) is 0.333. The van der Waals surface area contributed by atoms with Crippen molar-refractivity contribution in [1.29, 1.82) is 0 Å². The van der Waals surface area contributed by atoms with Crippen molar-refractivity contribution in [2.75, 3.05) is 18.1 Å². The van der Waals surface area contributed by atoms with Gasteiger partial charge in [0.05, 0.1) is 24.5 Å². The molecule has 5 nitrogen and oxygen atoms in total. The Morgan fingerprint density at radius 2 is 2.29 bits per heavy atom. The van der Waals surface area contributed by atoms with Crippen LogP contribution in [0.5, 0.6) is 5.75 Å². The summed E-state index contributed by atoms with van der Waals surface area (Å²) in [6, 6.07) is 5.22. The topological polar surface area (TPSA) is 62.7 Å². The average molecular weight is 304 g/mol. The summed E-state index contributed by atoms with van der Waals surface area (Å²) in [5.41, 5.74) is 2.10. The number of fused-ring (bicyclic) bond motifs is 1. The van der Waals surface area contributed by atoms with Crippen molar-refractivity contribution in [2.24, 2.45) is 0 Å². The molecular weight excluding hydrogens is 288 g/mol. The highest BCUT2D eigenvalue weighted by molar-refractivity contribution is 7.11. The third kappa shape index (κ3) is 2.58. The second-order valence-electron chi connectivity index (χ2n) is 4.98. The van der Waals surface area contributed by atoms with Gasteiger partial charge in [-0.15, -0.1) is 11.3 Å². The molecule has 1 aliphatic heterocycles. The molecule has 0 saturated carbocycles. The first-order valence-corrected chi connectivity index (χ1v) is 7.55. The van der Waals surface area contributed by atoms with Gasteiger partial charge in [0.25, 0.3) is 0 Å². The van der Waals surface area contributed by atoms with Crippen molar-refractivity contribution in [3.8, 4) is 5.75 Å². The van der Waals surface area contributed by atoms with E-state index in [0.717, 1.165) is 22.9 Å². The Bertz CT molecular complexity index is 677. The maximum atomic E-state index is 11.3. The molecule has 1 N–H and O–H groups in total. The minimum atomic E-state index is -0.963. The number of aryl methyl sites for hydroxylation is 2. The predicted molar refractivity (Wildman–Crippen MR) is 81.5 cm³/mol. The fourth-order valence-corrected chi connectivity index (χ4v) is 3.36. The van der Waals surface area contributed by atoms with Gasteiger partial charge in [-0.25, -0.2) is 9.78 Å². The van der Waals surface area contributed by atoms with E-state index >= 15 is 0 Å². The first kappa shape index (κ1) is 13.9. The van der Waals surface area contributed by atoms with Crippen LogP contribution in [-0.4, -0.2) is 29.2 Å². The molecule has 0 amide bonds. The van der Waals surface area contributed by atoms with Crippen LogP contribution in [0.25, 0.3) is 0 Å². The van der Waals surface area contributed by atoms with Gasteiger partial charge < -0.3 is 14.7 Å². The third-order valence-corrected chi connectivity index (χ3v) is 4.63. The first-order chi connectivity index (χ1) is 10.1. The molecule has 3 rings (SSSR count). The van der Waals surface area contributed by atoms with Gasteiger partial charge in [0, 0.05) is 4.88 Å². The zero-order valence-corrected chi connectivity index (χ0v) is 12.7. The van der Waals surface area contributed by atoms with Gasteiger partial charge >= 0.3 is 5.97 Å². The largest absolute Gasteiger partial charge is 0.489 e. The first-order valence-electron chi connectivity index (χ1n) is 6.73. The molecule has 2 heterocycles. The lowest BCUT2D eigenvalue weighted by atomic mass is 10.1. The predicted octanol–water partition coefficient (Wildman–Crippen LogP) is 2.86. The van der Waals surface area contributed by atoms with E-state index in [1.807, 2.05) is 13.0 Å². The lowest BCUT2D eigenvalue weighted by Crippen LogP contribution is -2.32. The van der Waals surface area contributed by atoms with E-state index in [4.69, 9.17) is 4.74 Å². The highest BCUT2D eigenvalue weighted by Gasteiger charge is 2.24. The summed E-state index contributed by atoms with van der Waals surface area (Å²) in [7, 11) is 0. The summed E-state index contributed by atoms with van der Waals surface area (Å²) in [6.07, 6.45) is 0. The number of hydrogen-bond acceptors (Lipinski definition) is 5. The maximum Gasteiger partial charge on any atom is 0.339 e. The number of ether oxygens (including phenoxy) is 1. The van der Waals surface area contributed by atoms with Gasteiger partial charge in [-0.05, 0) is 26.0 Å². The summed E-state index contributed by atoms with van der Waals surface area (Å²) in [5, 5.41) is 10.3. The lowest BCUT2D eigenvalue weighted by Gasteiger charge is -2.31. The molecule has 6 heteroatoms. The summed E-state index contributed by atoms with van der Waals surface area (Å²) in [4.78, 5) is 19.2. The van der Waals surface area contributed by atoms with Crippen LogP contribution in [0.4, 0.5) is 5.69 Å². The number of nitrogens with zero attached hydrogens (tertiary/aromatic N) is 2. The van der Waals surface area contributed by atoms with Crippen molar-refractivity contribution in [2.45, 2.75) is 20.4 Å². The van der Waals surface area contributed by atoms with Crippen LogP contribution in [0, 0.1) is 13.8 Å². The standard InChI is InChI=1S/C15H16N2O3S/c1-9-10(2)21-13(16-9)8-17-6-7-20-14-11(15(18)19)4-3-5-12(14)17/h3-5H,6-8H2,1-2H3,(H,18,19). The number of hydrogen-bond donors (Lipinski definition) is 1. The number of rotatable bonds is 3. The number of anilines is 1. The molecule has 0 unspecified atom stereocenters. The molecule has 0 bridgehead atoms. The number of carboxylic acid groups (broad SMARTS) is 1. The third-order valence-electron chi connectivity index (χ3n) is 3.57. The molecule has 2 aromatic rings. The molecule has 0 atom stereocenters. The number of thiazole rings is 1. The van der Waals surface area contributed by atoms with Gasteiger partial charge in [-0.1, -0.05) is 6.07 Å². The van der Waals surface area contributed by atoms with Gasteiger partial charge in [0.15, 0.2) is 5.75 Å². The second-order valence-corrected chi connectivity index (χ2v) is 6.27. The number of aromatic carboxylic acids is 1. The molecular formula is C15H16N2O3S. The van der Waals surface area contributed by atoms with Crippen LogP contribution in [0.3, 0.4) is 0 Å². The van der Waals surface area contributed by atoms with Crippen molar-refractivity contribution in [3.63, 3.8) is 0 Å². The number of para-hydroxylation sites is 1. The normalized spacial score (nSPS) is 13.7. The van der Waals surface area contributed by atoms with Crippen LogP contribution in [0.2, 0.25) is 0 Å². The van der Waals surface area contributed by atoms with E-state index in [1.54, 1.807) is 23.5 Å². The monoisotopic (exact) mass is 304 g/mol. The van der Waals surface area contributed by atoms with Gasteiger partial charge in [-0.3, -0.25) is 0 Å². The Kier molecular flexibility index (Phi) is 3.55. The molecule has 1 aromatic carbocycles. The van der Waals surface area contributed by atoms with E-state index in [1.165, 1.54) is 4.88 Å². The molecule has 110 valence electrons. The van der Waals surface area contributed by atoms with E-state index in [0.29, 0.717) is 18.9 Å². The van der Waals surface area contributed by atoms with Gasteiger partial charge in [0.1, 0.15) is 17.2 Å². The van der Waals surface area contributed by atoms with Crippen LogP contribution in [-0.2, 0) is 6.54 Å². The van der Waals surface area contributed by atoms with E-state index in [-0.39, 0.29) is 5.56 Å². The quantitative estimate of drug-likeness (QED) is 0.944. The van der Waals surface area contributed by atoms with Gasteiger partial charge in [-0.2, -0.15) is 0 Å². The molecule has 1 aliphatic rings. The van der Waals surface area contributed by atoms with Gasteiger partial charge in [0.2, 0.25) is 0 Å². The Labute approximate surface area is 126 Å². The van der Waals surface area contributed by atoms with E-state index in [2.05, 4.69) is 16.8 Å². The van der Waals surface area contributed by atoms with Crippen molar-refractivity contribution >= 4 is 23.0 Å². The van der Waals surface area contributed by atoms with Crippen molar-refractivity contribution in [1.82, 2.24) is 4.98 Å². The number of aromatic nitrogens is 1. The minimum absolute atomic E-state index is 0.212. The highest BCUT2D eigenvalue weighted by Crippen LogP contribution is 2.36. The SMILES string of the molecule is Cc1nc(CN2CCOc3c(C(=O)O)cccc32)sc1C. The molecule has 0 saturated heterocycles. The highest BCUT2D eigenvalue weighted by atomic mass is 32.1. The Balaban J connectivity index is 1.93. The molecule has 0 radical (unpaired) electrons. The number of carbonyl (C=O) groups is 1. The van der Waals surface area contributed by atoms with E-state index < -0.39 is 5.97 Å². The zero-order chi connectivity index (χ0) is 15.0. The molecule has 1 aromatic heterocycles. The number of benzene rings is 1. The molecule has 21 heavy (non-hydrogen) atoms. The van der Waals surface area contributed by atoms with E-state index in [9.17, 15) is 9.90 Å². The molecule has 0 aliphatic carbocycles. The van der Waals surface area contributed by atoms with Crippen LogP contribution in [0.1, 0.15) is 25.9 Å². The minimum Gasteiger partial charge on any atom is -0.489 e. The summed E-state index contributed by atoms with van der Waals surface area (Å²) >= 11 is 1.68. The van der Waals surface area contributed by atoms with Crippen LogP contribution < -0.4 is 9.64 Å². The van der Waals surface area contributed by atoms with Crippen LogP contribution in [0.15, 0.2) is 18.2 Å². The van der Waals surface area contributed by atoms with Crippen molar-refractivity contribution < 1.29 is 14.6 Å². The molecule has 0 fully saturated rings. The molecule has 0 spiro atoms. The summed E-state index contributed by atoms with van der Waals surface area (Å²) in [6.45, 7) is 5.96.